The number of benzene rings is 1. The lowest BCUT2D eigenvalue weighted by molar-refractivity contribution is 0.363. The summed E-state index contributed by atoms with van der Waals surface area (Å²) in [6.45, 7) is 4.64. The fourth-order valence-corrected chi connectivity index (χ4v) is 2.24. The molecule has 0 saturated carbocycles. The molecule has 1 aliphatic heterocycles. The summed E-state index contributed by atoms with van der Waals surface area (Å²) in [6.07, 6.45) is 2.42. The summed E-state index contributed by atoms with van der Waals surface area (Å²) in [5.74, 6) is 0. The third kappa shape index (κ3) is 2.28. The summed E-state index contributed by atoms with van der Waals surface area (Å²) in [7, 11) is 0. The van der Waals surface area contributed by atoms with Gasteiger partial charge in [0.1, 0.15) is 0 Å². The first-order valence-corrected chi connectivity index (χ1v) is 5.51. The van der Waals surface area contributed by atoms with Gasteiger partial charge in [-0.15, -0.1) is 0 Å². The Labute approximate surface area is 90.5 Å². The number of hydrogen-bond donors (Lipinski definition) is 1. The third-order valence-corrected chi connectivity index (χ3v) is 3.25. The summed E-state index contributed by atoms with van der Waals surface area (Å²) in [5.41, 5.74) is 1.83. The molecule has 0 bridgehead atoms. The van der Waals surface area contributed by atoms with E-state index < -0.39 is 0 Å². The molecule has 2 heteroatoms. The zero-order valence-electron chi connectivity index (χ0n) is 8.52. The normalized spacial score (nSPS) is 26.7. The summed E-state index contributed by atoms with van der Waals surface area (Å²) >= 11 is 5.85. The van der Waals surface area contributed by atoms with Gasteiger partial charge in [0.15, 0.2) is 0 Å². The fourth-order valence-electron chi connectivity index (χ4n) is 2.11. The highest BCUT2D eigenvalue weighted by atomic mass is 35.5. The lowest BCUT2D eigenvalue weighted by atomic mass is 9.83. The van der Waals surface area contributed by atoms with Gasteiger partial charge in [-0.25, -0.2) is 0 Å². The van der Waals surface area contributed by atoms with Crippen molar-refractivity contribution in [2.45, 2.75) is 19.8 Å². The van der Waals surface area contributed by atoms with Crippen molar-refractivity contribution in [1.29, 1.82) is 0 Å². The predicted molar refractivity (Wildman–Crippen MR) is 60.7 cm³/mol. The van der Waals surface area contributed by atoms with Crippen molar-refractivity contribution >= 4 is 11.6 Å². The van der Waals surface area contributed by atoms with Gasteiger partial charge < -0.3 is 5.32 Å². The van der Waals surface area contributed by atoms with Gasteiger partial charge >= 0.3 is 0 Å². The van der Waals surface area contributed by atoms with Crippen LogP contribution in [0.2, 0.25) is 5.02 Å². The van der Waals surface area contributed by atoms with E-state index in [9.17, 15) is 0 Å². The van der Waals surface area contributed by atoms with Gasteiger partial charge in [0.2, 0.25) is 0 Å². The van der Waals surface area contributed by atoms with Crippen LogP contribution in [-0.4, -0.2) is 13.1 Å². The molecule has 1 aliphatic rings. The second-order valence-electron chi connectivity index (χ2n) is 4.54. The zero-order chi connectivity index (χ0) is 10.0. The summed E-state index contributed by atoms with van der Waals surface area (Å²) in [4.78, 5) is 0. The second-order valence-corrected chi connectivity index (χ2v) is 4.98. The Morgan fingerprint density at radius 1 is 1.36 bits per heavy atom. The standard InChI is InChI=1S/C12H16ClN/c1-12(6-7-14-9-12)8-10-2-4-11(13)5-3-10/h2-5,14H,6-9H2,1H3. The van der Waals surface area contributed by atoms with E-state index in [1.165, 1.54) is 12.0 Å². The monoisotopic (exact) mass is 209 g/mol. The van der Waals surface area contributed by atoms with Gasteiger partial charge in [-0.1, -0.05) is 30.7 Å². The van der Waals surface area contributed by atoms with Crippen molar-refractivity contribution in [3.05, 3.63) is 34.9 Å². The van der Waals surface area contributed by atoms with Crippen LogP contribution in [0.15, 0.2) is 24.3 Å². The molecule has 1 fully saturated rings. The quantitative estimate of drug-likeness (QED) is 0.790. The van der Waals surface area contributed by atoms with Crippen molar-refractivity contribution in [3.63, 3.8) is 0 Å². The molecule has 0 aromatic heterocycles. The van der Waals surface area contributed by atoms with Crippen LogP contribution in [-0.2, 0) is 6.42 Å². The number of halogens is 1. The molecule has 76 valence electrons. The Kier molecular flexibility index (Phi) is 2.80. The molecule has 1 aromatic rings. The van der Waals surface area contributed by atoms with E-state index in [0.29, 0.717) is 5.41 Å². The Morgan fingerprint density at radius 2 is 2.07 bits per heavy atom. The number of nitrogens with one attached hydrogen (secondary N) is 1. The molecule has 1 nitrogen and oxygen atoms in total. The highest BCUT2D eigenvalue weighted by Crippen LogP contribution is 2.29. The first-order chi connectivity index (χ1) is 6.68. The molecule has 1 heterocycles. The number of rotatable bonds is 2. The van der Waals surface area contributed by atoms with Gasteiger partial charge in [-0.05, 0) is 42.5 Å². The molecule has 0 amide bonds. The summed E-state index contributed by atoms with van der Waals surface area (Å²) < 4.78 is 0. The molecular weight excluding hydrogens is 194 g/mol. The molecule has 1 atom stereocenters. The van der Waals surface area contributed by atoms with Crippen molar-refractivity contribution in [3.8, 4) is 0 Å². The molecule has 14 heavy (non-hydrogen) atoms. The first kappa shape index (κ1) is 10.0. The average Bonchev–Trinajstić information content (AvgIpc) is 2.57. The molecule has 0 aliphatic carbocycles. The van der Waals surface area contributed by atoms with Gasteiger partial charge in [0.05, 0.1) is 0 Å². The van der Waals surface area contributed by atoms with Crippen LogP contribution in [0, 0.1) is 5.41 Å². The van der Waals surface area contributed by atoms with Crippen molar-refractivity contribution in [1.82, 2.24) is 5.32 Å². The molecule has 2 rings (SSSR count). The van der Waals surface area contributed by atoms with E-state index in [1.54, 1.807) is 0 Å². The van der Waals surface area contributed by atoms with E-state index in [-0.39, 0.29) is 0 Å². The molecule has 0 radical (unpaired) electrons. The minimum absolute atomic E-state index is 0.438. The van der Waals surface area contributed by atoms with Gasteiger partial charge in [0, 0.05) is 11.6 Å². The molecule has 1 aromatic carbocycles. The smallest absolute Gasteiger partial charge is 0.0406 e. The molecule has 1 N–H and O–H groups in total. The second kappa shape index (κ2) is 3.92. The highest BCUT2D eigenvalue weighted by Gasteiger charge is 2.28. The minimum Gasteiger partial charge on any atom is -0.316 e. The highest BCUT2D eigenvalue weighted by molar-refractivity contribution is 6.30. The Bertz CT molecular complexity index is 299. The van der Waals surface area contributed by atoms with E-state index in [2.05, 4.69) is 24.4 Å². The maximum absolute atomic E-state index is 5.85. The van der Waals surface area contributed by atoms with Gasteiger partial charge in [0.25, 0.3) is 0 Å². The van der Waals surface area contributed by atoms with Crippen LogP contribution in [0.25, 0.3) is 0 Å². The zero-order valence-corrected chi connectivity index (χ0v) is 9.27. The average molecular weight is 210 g/mol. The van der Waals surface area contributed by atoms with Crippen molar-refractivity contribution < 1.29 is 0 Å². The lowest BCUT2D eigenvalue weighted by Crippen LogP contribution is -2.22. The fraction of sp³-hybridized carbons (Fsp3) is 0.500. The van der Waals surface area contributed by atoms with Gasteiger partial charge in [-0.2, -0.15) is 0 Å². The largest absolute Gasteiger partial charge is 0.316 e. The molecule has 0 spiro atoms. The number of hydrogen-bond acceptors (Lipinski definition) is 1. The van der Waals surface area contributed by atoms with Crippen LogP contribution < -0.4 is 5.32 Å². The van der Waals surface area contributed by atoms with Crippen LogP contribution in [0.3, 0.4) is 0 Å². The molecule has 1 saturated heterocycles. The third-order valence-electron chi connectivity index (χ3n) is 3.00. The van der Waals surface area contributed by atoms with Gasteiger partial charge in [-0.3, -0.25) is 0 Å². The SMILES string of the molecule is CC1(Cc2ccc(Cl)cc2)CCNC1. The predicted octanol–water partition coefficient (Wildman–Crippen LogP) is 2.88. The topological polar surface area (TPSA) is 12.0 Å². The van der Waals surface area contributed by atoms with E-state index in [0.717, 1.165) is 24.5 Å². The maximum Gasteiger partial charge on any atom is 0.0406 e. The summed E-state index contributed by atoms with van der Waals surface area (Å²) in [6, 6.07) is 8.21. The van der Waals surface area contributed by atoms with Crippen molar-refractivity contribution in [2.75, 3.05) is 13.1 Å². The van der Waals surface area contributed by atoms with Crippen LogP contribution in [0.4, 0.5) is 0 Å². The summed E-state index contributed by atoms with van der Waals surface area (Å²) in [5, 5.41) is 4.24. The molecule has 1 unspecified atom stereocenters. The van der Waals surface area contributed by atoms with E-state index >= 15 is 0 Å². The maximum atomic E-state index is 5.85. The first-order valence-electron chi connectivity index (χ1n) is 5.13. The Balaban J connectivity index is 2.06. The van der Waals surface area contributed by atoms with E-state index in [4.69, 9.17) is 11.6 Å². The Hall–Kier alpha value is -0.530. The van der Waals surface area contributed by atoms with Crippen LogP contribution >= 0.6 is 11.6 Å². The van der Waals surface area contributed by atoms with E-state index in [1.807, 2.05) is 12.1 Å². The van der Waals surface area contributed by atoms with Crippen LogP contribution in [0.1, 0.15) is 18.9 Å². The van der Waals surface area contributed by atoms with Crippen LogP contribution in [0.5, 0.6) is 0 Å². The molecular formula is C12H16ClN. The lowest BCUT2D eigenvalue weighted by Gasteiger charge is -2.22. The minimum atomic E-state index is 0.438. The Morgan fingerprint density at radius 3 is 2.64 bits per heavy atom. The van der Waals surface area contributed by atoms with Crippen molar-refractivity contribution in [2.24, 2.45) is 5.41 Å².